The average molecular weight is 387 g/mol. The van der Waals surface area contributed by atoms with Gasteiger partial charge in [0.25, 0.3) is 0 Å². The van der Waals surface area contributed by atoms with Gasteiger partial charge in [0.05, 0.1) is 29.1 Å². The van der Waals surface area contributed by atoms with Crippen molar-refractivity contribution < 1.29 is 27.2 Å². The summed E-state index contributed by atoms with van der Waals surface area (Å²) in [7, 11) is -4.17. The van der Waals surface area contributed by atoms with Crippen molar-refractivity contribution in [2.75, 3.05) is 5.32 Å². The number of ether oxygens (including phenoxy) is 1. The predicted octanol–water partition coefficient (Wildman–Crippen LogP) is 2.29. The molecule has 0 spiro atoms. The SMILES string of the molecule is CCC(=O)OC(=O)c1cc(S(N)(=O)=O)c(Cl)cc1NCc1ccco1. The first-order chi connectivity index (χ1) is 11.7. The highest BCUT2D eigenvalue weighted by atomic mass is 35.5. The van der Waals surface area contributed by atoms with Crippen LogP contribution in [0, 0.1) is 0 Å². The molecule has 2 rings (SSSR count). The molecule has 1 heterocycles. The number of carbonyl (C=O) groups is 2. The smallest absolute Gasteiger partial charge is 0.347 e. The number of hydrogen-bond acceptors (Lipinski definition) is 7. The molecule has 1 aromatic carbocycles. The van der Waals surface area contributed by atoms with Crippen molar-refractivity contribution in [2.24, 2.45) is 5.14 Å². The molecule has 0 saturated heterocycles. The molecule has 0 aliphatic rings. The fourth-order valence-electron chi connectivity index (χ4n) is 1.91. The van der Waals surface area contributed by atoms with E-state index in [0.29, 0.717) is 5.76 Å². The Hall–Kier alpha value is -2.36. The van der Waals surface area contributed by atoms with Gasteiger partial charge in [0, 0.05) is 6.42 Å². The summed E-state index contributed by atoms with van der Waals surface area (Å²) in [5.74, 6) is -1.21. The van der Waals surface area contributed by atoms with Gasteiger partial charge in [-0.05, 0) is 24.3 Å². The number of sulfonamides is 1. The maximum absolute atomic E-state index is 12.2. The minimum Gasteiger partial charge on any atom is -0.467 e. The molecule has 134 valence electrons. The van der Waals surface area contributed by atoms with Crippen LogP contribution in [-0.2, 0) is 26.1 Å². The molecule has 0 atom stereocenters. The Kier molecular flexibility index (Phi) is 5.83. The number of anilines is 1. The molecular formula is C15H15ClN2O6S. The first-order valence-corrected chi connectivity index (χ1v) is 9.02. The molecule has 0 saturated carbocycles. The van der Waals surface area contributed by atoms with Crippen LogP contribution in [0.1, 0.15) is 29.5 Å². The molecule has 1 aromatic heterocycles. The standard InChI is InChI=1S/C15H15ClN2O6S/c1-2-14(19)24-15(20)10-6-13(25(17,21)22)11(16)7-12(10)18-8-9-4-3-5-23-9/h3-7,18H,2,8H2,1H3,(H2,17,21,22). The van der Waals surface area contributed by atoms with Crippen LogP contribution >= 0.6 is 11.6 Å². The Labute approximate surface area is 148 Å². The summed E-state index contributed by atoms with van der Waals surface area (Å²) in [6.45, 7) is 1.71. The summed E-state index contributed by atoms with van der Waals surface area (Å²) in [4.78, 5) is 23.1. The minimum atomic E-state index is -4.17. The molecule has 0 aliphatic carbocycles. The Bertz CT molecular complexity index is 893. The maximum atomic E-state index is 12.2. The molecule has 2 aromatic rings. The van der Waals surface area contributed by atoms with Gasteiger partial charge in [-0.25, -0.2) is 18.4 Å². The second-order valence-electron chi connectivity index (χ2n) is 4.92. The van der Waals surface area contributed by atoms with Gasteiger partial charge >= 0.3 is 11.9 Å². The lowest BCUT2D eigenvalue weighted by molar-refractivity contribution is -0.137. The molecule has 0 aliphatic heterocycles. The normalized spacial score (nSPS) is 11.2. The number of primary sulfonamides is 1. The highest BCUT2D eigenvalue weighted by Crippen LogP contribution is 2.29. The van der Waals surface area contributed by atoms with Gasteiger partial charge in [0.15, 0.2) is 0 Å². The summed E-state index contributed by atoms with van der Waals surface area (Å²) in [6.07, 6.45) is 1.46. The Morgan fingerprint density at radius 2 is 2.08 bits per heavy atom. The summed E-state index contributed by atoms with van der Waals surface area (Å²) < 4.78 is 33.0. The van der Waals surface area contributed by atoms with Crippen molar-refractivity contribution in [3.05, 3.63) is 46.9 Å². The topological polar surface area (TPSA) is 129 Å². The molecule has 10 heteroatoms. The minimum absolute atomic E-state index is 0.0173. The number of carbonyl (C=O) groups excluding carboxylic acids is 2. The molecule has 0 amide bonds. The summed E-state index contributed by atoms with van der Waals surface area (Å²) in [6, 6.07) is 5.57. The second kappa shape index (κ2) is 7.68. The summed E-state index contributed by atoms with van der Waals surface area (Å²) in [5.41, 5.74) is -0.0236. The lowest BCUT2D eigenvalue weighted by atomic mass is 10.1. The van der Waals surface area contributed by atoms with Crippen LogP contribution in [0.2, 0.25) is 5.02 Å². The van der Waals surface area contributed by atoms with Gasteiger partial charge in [-0.3, -0.25) is 4.79 Å². The Balaban J connectivity index is 2.43. The lowest BCUT2D eigenvalue weighted by Crippen LogP contribution is -2.17. The molecule has 8 nitrogen and oxygen atoms in total. The van der Waals surface area contributed by atoms with Crippen LogP contribution in [-0.4, -0.2) is 20.4 Å². The van der Waals surface area contributed by atoms with E-state index in [9.17, 15) is 18.0 Å². The number of nitrogens with two attached hydrogens (primary N) is 1. The van der Waals surface area contributed by atoms with Gasteiger partial charge in [0.2, 0.25) is 10.0 Å². The van der Waals surface area contributed by atoms with E-state index in [2.05, 4.69) is 10.1 Å². The van der Waals surface area contributed by atoms with Gasteiger partial charge < -0.3 is 14.5 Å². The molecule has 0 bridgehead atoms. The number of hydrogen-bond donors (Lipinski definition) is 2. The molecular weight excluding hydrogens is 372 g/mol. The van der Waals surface area contributed by atoms with Gasteiger partial charge in [0.1, 0.15) is 10.7 Å². The Morgan fingerprint density at radius 1 is 1.36 bits per heavy atom. The van der Waals surface area contributed by atoms with E-state index >= 15 is 0 Å². The van der Waals surface area contributed by atoms with Crippen LogP contribution in [0.25, 0.3) is 0 Å². The molecule has 3 N–H and O–H groups in total. The average Bonchev–Trinajstić information content (AvgIpc) is 3.04. The number of benzene rings is 1. The number of rotatable bonds is 6. The van der Waals surface area contributed by atoms with Crippen molar-refractivity contribution in [1.82, 2.24) is 0 Å². The van der Waals surface area contributed by atoms with Crippen LogP contribution < -0.4 is 10.5 Å². The van der Waals surface area contributed by atoms with Gasteiger partial charge in [-0.1, -0.05) is 18.5 Å². The van der Waals surface area contributed by atoms with E-state index in [4.69, 9.17) is 21.2 Å². The largest absolute Gasteiger partial charge is 0.467 e. The first-order valence-electron chi connectivity index (χ1n) is 7.10. The van der Waals surface area contributed by atoms with Gasteiger partial charge in [-0.2, -0.15) is 0 Å². The highest BCUT2D eigenvalue weighted by Gasteiger charge is 2.23. The van der Waals surface area contributed by atoms with Crippen molar-refractivity contribution in [3.63, 3.8) is 0 Å². The molecule has 0 fully saturated rings. The van der Waals surface area contributed by atoms with E-state index in [1.54, 1.807) is 12.1 Å². The third kappa shape index (κ3) is 4.81. The zero-order valence-corrected chi connectivity index (χ0v) is 14.7. The first kappa shape index (κ1) is 19.0. The van der Waals surface area contributed by atoms with Crippen LogP contribution in [0.15, 0.2) is 39.8 Å². The van der Waals surface area contributed by atoms with Gasteiger partial charge in [-0.15, -0.1) is 0 Å². The number of furan rings is 1. The van der Waals surface area contributed by atoms with Crippen LogP contribution in [0.5, 0.6) is 0 Å². The summed E-state index contributed by atoms with van der Waals surface area (Å²) in [5, 5.41) is 7.79. The quantitative estimate of drug-likeness (QED) is 0.575. The zero-order chi connectivity index (χ0) is 18.6. The van der Waals surface area contributed by atoms with Crippen molar-refractivity contribution >= 4 is 39.3 Å². The van der Waals surface area contributed by atoms with E-state index in [0.717, 1.165) is 6.07 Å². The fraction of sp³-hybridized carbons (Fsp3) is 0.200. The van der Waals surface area contributed by atoms with E-state index in [-0.39, 0.29) is 29.2 Å². The van der Waals surface area contributed by atoms with E-state index < -0.39 is 26.9 Å². The Morgan fingerprint density at radius 3 is 2.64 bits per heavy atom. The lowest BCUT2D eigenvalue weighted by Gasteiger charge is -2.13. The van der Waals surface area contributed by atoms with E-state index in [1.807, 2.05) is 0 Å². The van der Waals surface area contributed by atoms with Crippen LogP contribution in [0.3, 0.4) is 0 Å². The molecule has 0 unspecified atom stereocenters. The van der Waals surface area contributed by atoms with Crippen LogP contribution in [0.4, 0.5) is 5.69 Å². The summed E-state index contributed by atoms with van der Waals surface area (Å²) >= 11 is 5.94. The van der Waals surface area contributed by atoms with Crippen molar-refractivity contribution in [3.8, 4) is 0 Å². The number of nitrogens with one attached hydrogen (secondary N) is 1. The maximum Gasteiger partial charge on any atom is 0.347 e. The third-order valence-electron chi connectivity index (χ3n) is 3.13. The second-order valence-corrected chi connectivity index (χ2v) is 6.86. The van der Waals surface area contributed by atoms with Crippen molar-refractivity contribution in [2.45, 2.75) is 24.8 Å². The number of halogens is 1. The third-order valence-corrected chi connectivity index (χ3v) is 4.50. The predicted molar refractivity (Wildman–Crippen MR) is 89.6 cm³/mol. The fourth-order valence-corrected chi connectivity index (χ4v) is 3.01. The van der Waals surface area contributed by atoms with E-state index in [1.165, 1.54) is 19.3 Å². The van der Waals surface area contributed by atoms with Crippen molar-refractivity contribution in [1.29, 1.82) is 0 Å². The number of esters is 2. The molecule has 25 heavy (non-hydrogen) atoms. The molecule has 0 radical (unpaired) electrons. The monoisotopic (exact) mass is 386 g/mol. The zero-order valence-electron chi connectivity index (χ0n) is 13.1. The highest BCUT2D eigenvalue weighted by molar-refractivity contribution is 7.89.